The lowest BCUT2D eigenvalue weighted by atomic mass is 10.0. The minimum atomic E-state index is -1.03. The minimum Gasteiger partial charge on any atom is -0.497 e. The van der Waals surface area contributed by atoms with E-state index in [1.54, 1.807) is 14.2 Å². The topological polar surface area (TPSA) is 68.9 Å². The van der Waals surface area contributed by atoms with Crippen molar-refractivity contribution in [3.8, 4) is 33.9 Å². The molecule has 0 unspecified atom stereocenters. The number of carboxylic acids is 1. The Bertz CT molecular complexity index is 853. The Morgan fingerprint density at radius 3 is 1.96 bits per heavy atom. The molecule has 132 valence electrons. The van der Waals surface area contributed by atoms with Gasteiger partial charge in [0.25, 0.3) is 0 Å². The maximum atomic E-state index is 10.8. The van der Waals surface area contributed by atoms with Gasteiger partial charge < -0.3 is 19.0 Å². The van der Waals surface area contributed by atoms with E-state index in [1.807, 2.05) is 54.6 Å². The highest BCUT2D eigenvalue weighted by molar-refractivity contribution is 5.87. The summed E-state index contributed by atoms with van der Waals surface area (Å²) in [5, 5.41) is 8.84. The molecule has 3 rings (SSSR count). The molecule has 0 aliphatic heterocycles. The molecule has 0 spiro atoms. The smallest absolute Gasteiger partial charge is 0.328 e. The second-order valence-electron chi connectivity index (χ2n) is 5.52. The van der Waals surface area contributed by atoms with Crippen LogP contribution in [0.2, 0.25) is 0 Å². The molecule has 0 amide bonds. The molecule has 1 N–H and O–H groups in total. The summed E-state index contributed by atoms with van der Waals surface area (Å²) in [7, 11) is 3.23. The summed E-state index contributed by atoms with van der Waals surface area (Å²) < 4.78 is 16.3. The number of furan rings is 1. The first-order chi connectivity index (χ1) is 12.6. The van der Waals surface area contributed by atoms with Gasteiger partial charge >= 0.3 is 5.97 Å². The van der Waals surface area contributed by atoms with Gasteiger partial charge in [-0.25, -0.2) is 4.79 Å². The van der Waals surface area contributed by atoms with Gasteiger partial charge in [0.05, 0.1) is 14.2 Å². The van der Waals surface area contributed by atoms with Crippen LogP contribution in [0, 0.1) is 0 Å². The highest BCUT2D eigenvalue weighted by Gasteiger charge is 2.14. The first-order valence-corrected chi connectivity index (χ1v) is 7.94. The lowest BCUT2D eigenvalue weighted by Gasteiger charge is -2.06. The zero-order valence-electron chi connectivity index (χ0n) is 14.4. The van der Waals surface area contributed by atoms with Gasteiger partial charge in [-0.15, -0.1) is 0 Å². The van der Waals surface area contributed by atoms with Crippen molar-refractivity contribution in [1.29, 1.82) is 0 Å². The van der Waals surface area contributed by atoms with E-state index in [0.29, 0.717) is 11.5 Å². The van der Waals surface area contributed by atoms with Gasteiger partial charge in [0.1, 0.15) is 23.0 Å². The van der Waals surface area contributed by atoms with E-state index in [1.165, 1.54) is 6.08 Å². The summed E-state index contributed by atoms with van der Waals surface area (Å²) >= 11 is 0. The van der Waals surface area contributed by atoms with E-state index < -0.39 is 5.97 Å². The molecule has 1 heterocycles. The van der Waals surface area contributed by atoms with Crippen molar-refractivity contribution in [3.05, 3.63) is 66.4 Å². The van der Waals surface area contributed by atoms with E-state index in [2.05, 4.69) is 0 Å². The van der Waals surface area contributed by atoms with Gasteiger partial charge in [0.15, 0.2) is 0 Å². The SMILES string of the molecule is COc1ccc(-c2cc(/C=C/C(=O)O)oc2-c2ccc(OC)cc2)cc1. The molecule has 0 saturated heterocycles. The monoisotopic (exact) mass is 350 g/mol. The Morgan fingerprint density at radius 1 is 0.923 bits per heavy atom. The molecule has 3 aromatic rings. The summed E-state index contributed by atoms with van der Waals surface area (Å²) in [5.74, 6) is 1.59. The molecular weight excluding hydrogens is 332 g/mol. The summed E-state index contributed by atoms with van der Waals surface area (Å²) in [6.45, 7) is 0. The van der Waals surface area contributed by atoms with Gasteiger partial charge in [0.2, 0.25) is 0 Å². The van der Waals surface area contributed by atoms with Crippen LogP contribution in [0.3, 0.4) is 0 Å². The second-order valence-corrected chi connectivity index (χ2v) is 5.52. The third-order valence-electron chi connectivity index (χ3n) is 3.89. The number of methoxy groups -OCH3 is 2. The predicted molar refractivity (Wildman–Crippen MR) is 99.4 cm³/mol. The first-order valence-electron chi connectivity index (χ1n) is 7.94. The number of hydrogen-bond donors (Lipinski definition) is 1. The van der Waals surface area contributed by atoms with Crippen LogP contribution >= 0.6 is 0 Å². The van der Waals surface area contributed by atoms with Crippen molar-refractivity contribution in [1.82, 2.24) is 0 Å². The Hall–Kier alpha value is -3.47. The highest BCUT2D eigenvalue weighted by atomic mass is 16.5. The number of ether oxygens (including phenoxy) is 2. The zero-order chi connectivity index (χ0) is 18.5. The molecule has 0 fully saturated rings. The van der Waals surface area contributed by atoms with Crippen molar-refractivity contribution in [3.63, 3.8) is 0 Å². The summed E-state index contributed by atoms with van der Waals surface area (Å²) in [4.78, 5) is 10.8. The minimum absolute atomic E-state index is 0.462. The molecular formula is C21H18O5. The van der Waals surface area contributed by atoms with Crippen LogP contribution < -0.4 is 9.47 Å². The molecule has 5 heteroatoms. The highest BCUT2D eigenvalue weighted by Crippen LogP contribution is 2.36. The summed E-state index contributed by atoms with van der Waals surface area (Å²) in [6, 6.07) is 16.9. The third kappa shape index (κ3) is 3.78. The predicted octanol–water partition coefficient (Wildman–Crippen LogP) is 4.73. The average molecular weight is 350 g/mol. The van der Waals surface area contributed by atoms with Crippen molar-refractivity contribution in [2.24, 2.45) is 0 Å². The quantitative estimate of drug-likeness (QED) is 0.651. The van der Waals surface area contributed by atoms with Crippen molar-refractivity contribution < 1.29 is 23.8 Å². The lowest BCUT2D eigenvalue weighted by molar-refractivity contribution is -0.131. The maximum absolute atomic E-state index is 10.8. The van der Waals surface area contributed by atoms with Crippen molar-refractivity contribution in [2.45, 2.75) is 0 Å². The van der Waals surface area contributed by atoms with E-state index >= 15 is 0 Å². The van der Waals surface area contributed by atoms with Crippen LogP contribution in [0.25, 0.3) is 28.5 Å². The number of benzene rings is 2. The molecule has 0 bridgehead atoms. The molecule has 0 radical (unpaired) electrons. The Labute approximate surface area is 151 Å². The maximum Gasteiger partial charge on any atom is 0.328 e. The Balaban J connectivity index is 2.08. The van der Waals surface area contributed by atoms with Crippen molar-refractivity contribution in [2.75, 3.05) is 14.2 Å². The van der Waals surface area contributed by atoms with E-state index in [9.17, 15) is 4.79 Å². The molecule has 0 atom stereocenters. The first kappa shape index (κ1) is 17.4. The normalized spacial score (nSPS) is 10.8. The van der Waals surface area contributed by atoms with Gasteiger partial charge in [-0.05, 0) is 54.1 Å². The lowest BCUT2D eigenvalue weighted by Crippen LogP contribution is -1.84. The van der Waals surface area contributed by atoms with E-state index in [0.717, 1.165) is 34.3 Å². The van der Waals surface area contributed by atoms with Crippen LogP contribution in [0.4, 0.5) is 0 Å². The van der Waals surface area contributed by atoms with Crippen LogP contribution in [-0.2, 0) is 4.79 Å². The second kappa shape index (κ2) is 7.61. The average Bonchev–Trinajstić information content (AvgIpc) is 3.11. The number of rotatable bonds is 6. The fourth-order valence-electron chi connectivity index (χ4n) is 2.59. The largest absolute Gasteiger partial charge is 0.497 e. The number of carboxylic acid groups (broad SMARTS) is 1. The van der Waals surface area contributed by atoms with Gasteiger partial charge in [-0.1, -0.05) is 12.1 Å². The van der Waals surface area contributed by atoms with E-state index in [4.69, 9.17) is 19.0 Å². The Kier molecular flexibility index (Phi) is 5.08. The van der Waals surface area contributed by atoms with Crippen LogP contribution in [-0.4, -0.2) is 25.3 Å². The standard InChI is InChI=1S/C21H18O5/c1-24-16-7-3-14(4-8-16)19-13-18(11-12-20(22)23)26-21(19)15-5-9-17(25-2)10-6-15/h3-13H,1-2H3,(H,22,23)/b12-11+. The van der Waals surface area contributed by atoms with Crippen LogP contribution in [0.5, 0.6) is 11.5 Å². The molecule has 2 aromatic carbocycles. The molecule has 5 nitrogen and oxygen atoms in total. The summed E-state index contributed by atoms with van der Waals surface area (Å²) in [6.07, 6.45) is 2.48. The zero-order valence-corrected chi connectivity index (χ0v) is 14.4. The molecule has 0 aliphatic rings. The number of hydrogen-bond acceptors (Lipinski definition) is 4. The van der Waals surface area contributed by atoms with E-state index in [-0.39, 0.29) is 0 Å². The van der Waals surface area contributed by atoms with Crippen LogP contribution in [0.15, 0.2) is 65.1 Å². The van der Waals surface area contributed by atoms with Crippen LogP contribution in [0.1, 0.15) is 5.76 Å². The van der Waals surface area contributed by atoms with Gasteiger partial charge in [-0.2, -0.15) is 0 Å². The molecule has 0 saturated carbocycles. The summed E-state index contributed by atoms with van der Waals surface area (Å²) in [5.41, 5.74) is 2.67. The Morgan fingerprint density at radius 2 is 1.46 bits per heavy atom. The van der Waals surface area contributed by atoms with Gasteiger partial charge in [0, 0.05) is 17.2 Å². The third-order valence-corrected chi connectivity index (χ3v) is 3.89. The van der Waals surface area contributed by atoms with Crippen molar-refractivity contribution >= 4 is 12.0 Å². The fourth-order valence-corrected chi connectivity index (χ4v) is 2.59. The molecule has 0 aliphatic carbocycles. The molecule has 26 heavy (non-hydrogen) atoms. The fraction of sp³-hybridized carbons (Fsp3) is 0.0952. The number of carbonyl (C=O) groups is 1. The van der Waals surface area contributed by atoms with Gasteiger partial charge in [-0.3, -0.25) is 0 Å². The number of aliphatic carboxylic acids is 1. The molecule has 1 aromatic heterocycles.